The van der Waals surface area contributed by atoms with E-state index in [4.69, 9.17) is 0 Å². The first-order chi connectivity index (χ1) is 8.33. The number of nitrogens with one attached hydrogen (secondary N) is 1. The van der Waals surface area contributed by atoms with Crippen molar-refractivity contribution in [2.45, 2.75) is 41.0 Å². The zero-order valence-electron chi connectivity index (χ0n) is 12.2. The van der Waals surface area contributed by atoms with Gasteiger partial charge in [0.05, 0.1) is 3.79 Å². The molecule has 1 aromatic rings. The van der Waals surface area contributed by atoms with Gasteiger partial charge in [-0.15, -0.1) is 11.3 Å². The molecule has 1 unspecified atom stereocenters. The molecule has 0 aliphatic heterocycles. The minimum absolute atomic E-state index is 0.333. The van der Waals surface area contributed by atoms with E-state index in [2.05, 4.69) is 68.0 Å². The van der Waals surface area contributed by atoms with Gasteiger partial charge in [-0.3, -0.25) is 0 Å². The standard InChI is InChI=1S/C15H26BrNS/c1-11(2)9-17-10-15(5,12(3)4)8-13-6-7-14(16)18-13/h6-7,11-12,17H,8-10H2,1-5H3. The minimum atomic E-state index is 0.333. The van der Waals surface area contributed by atoms with Crippen LogP contribution in [0, 0.1) is 17.3 Å². The normalized spacial score (nSPS) is 15.3. The van der Waals surface area contributed by atoms with E-state index < -0.39 is 0 Å². The molecule has 0 fully saturated rings. The van der Waals surface area contributed by atoms with Crippen molar-refractivity contribution in [2.75, 3.05) is 13.1 Å². The Kier molecular flexibility index (Phi) is 6.36. The van der Waals surface area contributed by atoms with Crippen molar-refractivity contribution in [1.29, 1.82) is 0 Å². The summed E-state index contributed by atoms with van der Waals surface area (Å²) in [6.07, 6.45) is 1.16. The Morgan fingerprint density at radius 1 is 1.28 bits per heavy atom. The van der Waals surface area contributed by atoms with Gasteiger partial charge in [0.15, 0.2) is 0 Å². The molecule has 0 aliphatic rings. The van der Waals surface area contributed by atoms with Crippen LogP contribution in [0.1, 0.15) is 39.5 Å². The third-order valence-corrected chi connectivity index (χ3v) is 5.31. The average molecular weight is 332 g/mol. The molecule has 1 rings (SSSR count). The van der Waals surface area contributed by atoms with E-state index in [1.165, 1.54) is 8.66 Å². The summed E-state index contributed by atoms with van der Waals surface area (Å²) in [6, 6.07) is 4.40. The fraction of sp³-hybridized carbons (Fsp3) is 0.733. The molecule has 0 amide bonds. The lowest BCUT2D eigenvalue weighted by molar-refractivity contribution is 0.206. The molecule has 1 aromatic heterocycles. The van der Waals surface area contributed by atoms with Gasteiger partial charge in [0.25, 0.3) is 0 Å². The predicted molar refractivity (Wildman–Crippen MR) is 86.4 cm³/mol. The van der Waals surface area contributed by atoms with E-state index in [0.717, 1.165) is 25.4 Å². The van der Waals surface area contributed by atoms with E-state index >= 15 is 0 Å². The van der Waals surface area contributed by atoms with Crippen molar-refractivity contribution >= 4 is 27.3 Å². The van der Waals surface area contributed by atoms with Crippen LogP contribution in [0.3, 0.4) is 0 Å². The Labute approximate surface area is 125 Å². The van der Waals surface area contributed by atoms with Crippen LogP contribution in [0.15, 0.2) is 15.9 Å². The number of hydrogen-bond acceptors (Lipinski definition) is 2. The second kappa shape index (κ2) is 7.06. The summed E-state index contributed by atoms with van der Waals surface area (Å²) in [5, 5.41) is 3.63. The molecule has 1 N–H and O–H groups in total. The molecule has 0 saturated heterocycles. The van der Waals surface area contributed by atoms with Gasteiger partial charge in [0, 0.05) is 11.4 Å². The summed E-state index contributed by atoms with van der Waals surface area (Å²) < 4.78 is 1.23. The highest BCUT2D eigenvalue weighted by atomic mass is 79.9. The Balaban J connectivity index is 2.62. The Hall–Kier alpha value is 0.140. The van der Waals surface area contributed by atoms with Gasteiger partial charge in [0.2, 0.25) is 0 Å². The Morgan fingerprint density at radius 2 is 1.94 bits per heavy atom. The summed E-state index contributed by atoms with van der Waals surface area (Å²) >= 11 is 5.41. The molecule has 3 heteroatoms. The molecule has 18 heavy (non-hydrogen) atoms. The summed E-state index contributed by atoms with van der Waals surface area (Å²) in [5.74, 6) is 1.40. The highest BCUT2D eigenvalue weighted by Gasteiger charge is 2.28. The van der Waals surface area contributed by atoms with E-state index in [0.29, 0.717) is 11.3 Å². The summed E-state index contributed by atoms with van der Waals surface area (Å²) in [7, 11) is 0. The van der Waals surface area contributed by atoms with Gasteiger partial charge < -0.3 is 5.32 Å². The second-order valence-corrected chi connectivity index (χ2v) is 8.76. The maximum atomic E-state index is 3.63. The van der Waals surface area contributed by atoms with Crippen molar-refractivity contribution in [3.05, 3.63) is 20.8 Å². The lowest BCUT2D eigenvalue weighted by atomic mass is 9.76. The number of rotatable bonds is 7. The van der Waals surface area contributed by atoms with Gasteiger partial charge >= 0.3 is 0 Å². The Bertz CT molecular complexity index is 359. The summed E-state index contributed by atoms with van der Waals surface area (Å²) in [4.78, 5) is 1.48. The van der Waals surface area contributed by atoms with Crippen LogP contribution in [0.25, 0.3) is 0 Å². The molecule has 104 valence electrons. The number of thiophene rings is 1. The molecule has 0 aliphatic carbocycles. The van der Waals surface area contributed by atoms with Crippen molar-refractivity contribution < 1.29 is 0 Å². The maximum Gasteiger partial charge on any atom is 0.0701 e. The van der Waals surface area contributed by atoms with Crippen LogP contribution < -0.4 is 5.32 Å². The van der Waals surface area contributed by atoms with Gasteiger partial charge in [-0.2, -0.15) is 0 Å². The van der Waals surface area contributed by atoms with Crippen LogP contribution in [-0.2, 0) is 6.42 Å². The first-order valence-corrected chi connectivity index (χ1v) is 8.39. The zero-order chi connectivity index (χ0) is 13.8. The smallest absolute Gasteiger partial charge is 0.0701 e. The van der Waals surface area contributed by atoms with Gasteiger partial charge in [-0.1, -0.05) is 34.6 Å². The molecule has 1 atom stereocenters. The third kappa shape index (κ3) is 5.02. The maximum absolute atomic E-state index is 3.63. The molecule has 0 spiro atoms. The predicted octanol–water partition coefficient (Wildman–Crippen LogP) is 4.96. The molecular formula is C15H26BrNS. The molecule has 0 saturated carbocycles. The molecule has 0 bridgehead atoms. The first kappa shape index (κ1) is 16.2. The SMILES string of the molecule is CC(C)CNCC(C)(Cc1ccc(Br)s1)C(C)C. The lowest BCUT2D eigenvalue weighted by Crippen LogP contribution is -2.39. The van der Waals surface area contributed by atoms with Crippen molar-refractivity contribution in [1.82, 2.24) is 5.32 Å². The van der Waals surface area contributed by atoms with Crippen LogP contribution >= 0.6 is 27.3 Å². The van der Waals surface area contributed by atoms with Gasteiger partial charge in [0.1, 0.15) is 0 Å². The summed E-state index contributed by atoms with van der Waals surface area (Å²) in [6.45, 7) is 13.8. The van der Waals surface area contributed by atoms with E-state index in [-0.39, 0.29) is 0 Å². The molecule has 1 heterocycles. The third-order valence-electron chi connectivity index (χ3n) is 3.68. The van der Waals surface area contributed by atoms with E-state index in [1.807, 2.05) is 11.3 Å². The van der Waals surface area contributed by atoms with Crippen molar-refractivity contribution in [2.24, 2.45) is 17.3 Å². The topological polar surface area (TPSA) is 12.0 Å². The average Bonchev–Trinajstić information content (AvgIpc) is 2.62. The quantitative estimate of drug-likeness (QED) is 0.744. The molecule has 0 radical (unpaired) electrons. The molecule has 1 nitrogen and oxygen atoms in total. The van der Waals surface area contributed by atoms with Crippen LogP contribution in [0.4, 0.5) is 0 Å². The van der Waals surface area contributed by atoms with Crippen molar-refractivity contribution in [3.63, 3.8) is 0 Å². The van der Waals surface area contributed by atoms with Crippen LogP contribution in [0.2, 0.25) is 0 Å². The van der Waals surface area contributed by atoms with E-state index in [1.54, 1.807) is 0 Å². The second-order valence-electron chi connectivity index (χ2n) is 6.22. The Morgan fingerprint density at radius 3 is 2.39 bits per heavy atom. The molecular weight excluding hydrogens is 306 g/mol. The van der Waals surface area contributed by atoms with Crippen LogP contribution in [0.5, 0.6) is 0 Å². The lowest BCUT2D eigenvalue weighted by Gasteiger charge is -2.34. The van der Waals surface area contributed by atoms with E-state index in [9.17, 15) is 0 Å². The zero-order valence-corrected chi connectivity index (χ0v) is 14.6. The monoisotopic (exact) mass is 331 g/mol. The van der Waals surface area contributed by atoms with Crippen molar-refractivity contribution in [3.8, 4) is 0 Å². The number of hydrogen-bond donors (Lipinski definition) is 1. The number of halogens is 1. The highest BCUT2D eigenvalue weighted by Crippen LogP contribution is 2.34. The first-order valence-electron chi connectivity index (χ1n) is 6.78. The van der Waals surface area contributed by atoms with Gasteiger partial charge in [-0.25, -0.2) is 0 Å². The highest BCUT2D eigenvalue weighted by molar-refractivity contribution is 9.11. The largest absolute Gasteiger partial charge is 0.316 e. The van der Waals surface area contributed by atoms with Gasteiger partial charge in [-0.05, 0) is 58.3 Å². The fourth-order valence-electron chi connectivity index (χ4n) is 1.96. The summed E-state index contributed by atoms with van der Waals surface area (Å²) in [5.41, 5.74) is 0.333. The minimum Gasteiger partial charge on any atom is -0.316 e. The molecule has 0 aromatic carbocycles. The van der Waals surface area contributed by atoms with Crippen LogP contribution in [-0.4, -0.2) is 13.1 Å². The fourth-order valence-corrected chi connectivity index (χ4v) is 3.64.